The Labute approximate surface area is 129 Å². The number of aryl methyl sites for hydroxylation is 1. The lowest BCUT2D eigenvalue weighted by Gasteiger charge is -2.40. The Morgan fingerprint density at radius 3 is 2.57 bits per heavy atom. The van der Waals surface area contributed by atoms with E-state index in [0.717, 1.165) is 19.4 Å². The first kappa shape index (κ1) is 16.5. The average Bonchev–Trinajstić information content (AvgIpc) is 2.76. The predicted octanol–water partition coefficient (Wildman–Crippen LogP) is 3.07. The van der Waals surface area contributed by atoms with Gasteiger partial charge < -0.3 is 10.1 Å². The van der Waals surface area contributed by atoms with Crippen molar-refractivity contribution in [3.05, 3.63) is 18.0 Å². The van der Waals surface area contributed by atoms with Crippen molar-refractivity contribution in [3.8, 4) is 0 Å². The summed E-state index contributed by atoms with van der Waals surface area (Å²) >= 11 is 0. The van der Waals surface area contributed by atoms with Gasteiger partial charge in [-0.25, -0.2) is 0 Å². The number of aromatic nitrogens is 2. The van der Waals surface area contributed by atoms with Gasteiger partial charge in [-0.3, -0.25) is 4.68 Å². The van der Waals surface area contributed by atoms with Crippen LogP contribution in [0.3, 0.4) is 0 Å². The molecule has 4 heteroatoms. The molecule has 1 heterocycles. The van der Waals surface area contributed by atoms with Gasteiger partial charge in [0, 0.05) is 26.4 Å². The van der Waals surface area contributed by atoms with E-state index in [0.29, 0.717) is 6.04 Å². The van der Waals surface area contributed by atoms with E-state index in [-0.39, 0.29) is 5.60 Å². The molecular weight excluding hydrogens is 262 g/mol. The van der Waals surface area contributed by atoms with E-state index >= 15 is 0 Å². The first-order valence-electron chi connectivity index (χ1n) is 8.46. The summed E-state index contributed by atoms with van der Waals surface area (Å²) in [6, 6.07) is 0.379. The van der Waals surface area contributed by atoms with Crippen LogP contribution in [0.1, 0.15) is 57.4 Å². The Morgan fingerprint density at radius 2 is 2.05 bits per heavy atom. The molecule has 1 aromatic heterocycles. The van der Waals surface area contributed by atoms with E-state index in [2.05, 4.69) is 23.5 Å². The predicted molar refractivity (Wildman–Crippen MR) is 86.4 cm³/mol. The van der Waals surface area contributed by atoms with E-state index < -0.39 is 0 Å². The zero-order valence-electron chi connectivity index (χ0n) is 13.9. The zero-order valence-corrected chi connectivity index (χ0v) is 13.9. The van der Waals surface area contributed by atoms with Gasteiger partial charge >= 0.3 is 0 Å². The second-order valence-electron chi connectivity index (χ2n) is 6.42. The average molecular weight is 293 g/mol. The van der Waals surface area contributed by atoms with Crippen LogP contribution in [0.25, 0.3) is 0 Å². The maximum atomic E-state index is 6.11. The molecule has 1 aliphatic carbocycles. The molecule has 1 fully saturated rings. The van der Waals surface area contributed by atoms with E-state index in [4.69, 9.17) is 4.74 Å². The van der Waals surface area contributed by atoms with Crippen LogP contribution in [0.5, 0.6) is 0 Å². The van der Waals surface area contributed by atoms with Gasteiger partial charge in [0.05, 0.1) is 11.8 Å². The standard InChI is InChI=1S/C17H31N3O/c1-4-11-18-16(12-15-13-19-20(2)14-15)17(21-3)9-7-5-6-8-10-17/h13-14,16,18H,4-12H2,1-3H3. The van der Waals surface area contributed by atoms with Gasteiger partial charge in [-0.1, -0.05) is 32.6 Å². The molecule has 0 amide bonds. The van der Waals surface area contributed by atoms with Crippen LogP contribution in [0.4, 0.5) is 0 Å². The highest BCUT2D eigenvalue weighted by atomic mass is 16.5. The fraction of sp³-hybridized carbons (Fsp3) is 0.824. The van der Waals surface area contributed by atoms with Crippen LogP contribution < -0.4 is 5.32 Å². The molecule has 1 unspecified atom stereocenters. The fourth-order valence-electron chi connectivity index (χ4n) is 3.60. The van der Waals surface area contributed by atoms with E-state index in [1.807, 2.05) is 25.0 Å². The maximum absolute atomic E-state index is 6.11. The van der Waals surface area contributed by atoms with Crippen LogP contribution in [-0.4, -0.2) is 35.1 Å². The monoisotopic (exact) mass is 293 g/mol. The molecule has 0 saturated heterocycles. The van der Waals surface area contributed by atoms with Gasteiger partial charge in [-0.2, -0.15) is 5.10 Å². The first-order chi connectivity index (χ1) is 10.2. The van der Waals surface area contributed by atoms with Crippen molar-refractivity contribution >= 4 is 0 Å². The summed E-state index contributed by atoms with van der Waals surface area (Å²) in [6.07, 6.45) is 13.9. The van der Waals surface area contributed by atoms with Crippen molar-refractivity contribution in [1.29, 1.82) is 0 Å². The van der Waals surface area contributed by atoms with Crippen molar-refractivity contribution in [3.63, 3.8) is 0 Å². The maximum Gasteiger partial charge on any atom is 0.0834 e. The van der Waals surface area contributed by atoms with Crippen molar-refractivity contribution in [2.24, 2.45) is 7.05 Å². The normalized spacial score (nSPS) is 20.1. The van der Waals surface area contributed by atoms with Gasteiger partial charge in [0.1, 0.15) is 0 Å². The molecule has 0 radical (unpaired) electrons. The second-order valence-corrected chi connectivity index (χ2v) is 6.42. The topological polar surface area (TPSA) is 39.1 Å². The van der Waals surface area contributed by atoms with Gasteiger partial charge in [-0.15, -0.1) is 0 Å². The largest absolute Gasteiger partial charge is 0.377 e. The third kappa shape index (κ3) is 4.30. The highest BCUT2D eigenvalue weighted by molar-refractivity contribution is 5.10. The Hall–Kier alpha value is -0.870. The van der Waals surface area contributed by atoms with Gasteiger partial charge in [0.15, 0.2) is 0 Å². The lowest BCUT2D eigenvalue weighted by atomic mass is 9.83. The van der Waals surface area contributed by atoms with Gasteiger partial charge in [-0.05, 0) is 37.8 Å². The minimum Gasteiger partial charge on any atom is -0.377 e. The summed E-state index contributed by atoms with van der Waals surface area (Å²) in [5.74, 6) is 0. The lowest BCUT2D eigenvalue weighted by molar-refractivity contribution is -0.0526. The van der Waals surface area contributed by atoms with Crippen LogP contribution in [0.2, 0.25) is 0 Å². The Bertz CT molecular complexity index is 408. The quantitative estimate of drug-likeness (QED) is 0.785. The van der Waals surface area contributed by atoms with E-state index in [1.54, 1.807) is 0 Å². The van der Waals surface area contributed by atoms with Crippen LogP contribution in [0.15, 0.2) is 12.4 Å². The number of nitrogens with one attached hydrogen (secondary N) is 1. The highest BCUT2D eigenvalue weighted by Gasteiger charge is 2.38. The van der Waals surface area contributed by atoms with Crippen LogP contribution in [0, 0.1) is 0 Å². The van der Waals surface area contributed by atoms with Crippen LogP contribution in [-0.2, 0) is 18.2 Å². The van der Waals surface area contributed by atoms with Crippen LogP contribution >= 0.6 is 0 Å². The molecular formula is C17H31N3O. The molecule has 120 valence electrons. The molecule has 0 aliphatic heterocycles. The summed E-state index contributed by atoms with van der Waals surface area (Å²) in [7, 11) is 3.88. The SMILES string of the molecule is CCCNC(Cc1cnn(C)c1)C1(OC)CCCCCC1. The summed E-state index contributed by atoms with van der Waals surface area (Å²) in [5.41, 5.74) is 1.29. The Kier molecular flexibility index (Phi) is 6.24. The summed E-state index contributed by atoms with van der Waals surface area (Å²) in [5, 5.41) is 8.06. The third-order valence-corrected chi connectivity index (χ3v) is 4.83. The second kappa shape index (κ2) is 7.95. The van der Waals surface area contributed by atoms with Crippen molar-refractivity contribution in [2.75, 3.05) is 13.7 Å². The molecule has 2 rings (SSSR count). The summed E-state index contributed by atoms with van der Waals surface area (Å²) < 4.78 is 7.99. The molecule has 0 aromatic carbocycles. The summed E-state index contributed by atoms with van der Waals surface area (Å²) in [6.45, 7) is 3.27. The van der Waals surface area contributed by atoms with Crippen molar-refractivity contribution < 1.29 is 4.74 Å². The number of rotatable bonds is 7. The van der Waals surface area contributed by atoms with Gasteiger partial charge in [0.25, 0.3) is 0 Å². The van der Waals surface area contributed by atoms with Crippen molar-refractivity contribution in [2.45, 2.75) is 69.9 Å². The van der Waals surface area contributed by atoms with E-state index in [9.17, 15) is 0 Å². The molecule has 21 heavy (non-hydrogen) atoms. The first-order valence-corrected chi connectivity index (χ1v) is 8.46. The molecule has 0 bridgehead atoms. The number of hydrogen-bond acceptors (Lipinski definition) is 3. The van der Waals surface area contributed by atoms with E-state index in [1.165, 1.54) is 44.1 Å². The van der Waals surface area contributed by atoms with Gasteiger partial charge in [0.2, 0.25) is 0 Å². The fourth-order valence-corrected chi connectivity index (χ4v) is 3.60. The molecule has 4 nitrogen and oxygen atoms in total. The Balaban J connectivity index is 2.14. The highest BCUT2D eigenvalue weighted by Crippen LogP contribution is 2.34. The zero-order chi connectivity index (χ0) is 15.1. The molecule has 1 saturated carbocycles. The van der Waals surface area contributed by atoms with Crippen molar-refractivity contribution in [1.82, 2.24) is 15.1 Å². The molecule has 1 aliphatic rings. The number of methoxy groups -OCH3 is 1. The number of nitrogens with zero attached hydrogens (tertiary/aromatic N) is 2. The molecule has 1 N–H and O–H groups in total. The number of ether oxygens (including phenoxy) is 1. The minimum absolute atomic E-state index is 0.0124. The lowest BCUT2D eigenvalue weighted by Crippen LogP contribution is -2.53. The molecule has 0 spiro atoms. The minimum atomic E-state index is -0.0124. The number of hydrogen-bond donors (Lipinski definition) is 1. The smallest absolute Gasteiger partial charge is 0.0834 e. The summed E-state index contributed by atoms with van der Waals surface area (Å²) in [4.78, 5) is 0. The molecule has 1 aromatic rings. The molecule has 1 atom stereocenters. The Morgan fingerprint density at radius 1 is 1.33 bits per heavy atom. The third-order valence-electron chi connectivity index (χ3n) is 4.83.